The summed E-state index contributed by atoms with van der Waals surface area (Å²) in [4.78, 5) is 4.79. The Kier molecular flexibility index (Phi) is 3.89. The van der Waals surface area contributed by atoms with Crippen molar-refractivity contribution in [1.82, 2.24) is 4.98 Å². The van der Waals surface area contributed by atoms with E-state index in [0.29, 0.717) is 10.8 Å². The van der Waals surface area contributed by atoms with E-state index in [9.17, 15) is 0 Å². The van der Waals surface area contributed by atoms with Crippen LogP contribution >= 0.6 is 11.6 Å². The third-order valence-electron chi connectivity index (χ3n) is 3.79. The van der Waals surface area contributed by atoms with Crippen molar-refractivity contribution in [3.05, 3.63) is 90.0 Å². The number of fused-ring (bicyclic) bond motifs is 1. The molecule has 0 aliphatic heterocycles. The standard InChI is InChI=1S/C21H14ClNO/c22-18-12-6-5-11-17(18)21-20(24-16-9-2-1-3-10-16)14-15-8-4-7-13-19(15)23-21/h1-14H. The lowest BCUT2D eigenvalue weighted by Crippen LogP contribution is -1.93. The highest BCUT2D eigenvalue weighted by Crippen LogP contribution is 2.37. The van der Waals surface area contributed by atoms with E-state index < -0.39 is 0 Å². The lowest BCUT2D eigenvalue weighted by Gasteiger charge is -2.13. The van der Waals surface area contributed by atoms with Gasteiger partial charge in [0.15, 0.2) is 5.75 Å². The summed E-state index contributed by atoms with van der Waals surface area (Å²) < 4.78 is 6.11. The van der Waals surface area contributed by atoms with Crippen molar-refractivity contribution in [2.75, 3.05) is 0 Å². The van der Waals surface area contributed by atoms with Gasteiger partial charge >= 0.3 is 0 Å². The van der Waals surface area contributed by atoms with Gasteiger partial charge in [0.05, 0.1) is 10.5 Å². The summed E-state index contributed by atoms with van der Waals surface area (Å²) in [6.07, 6.45) is 0. The molecule has 1 aromatic heterocycles. The molecule has 0 saturated carbocycles. The number of aromatic nitrogens is 1. The topological polar surface area (TPSA) is 22.1 Å². The molecule has 0 unspecified atom stereocenters. The lowest BCUT2D eigenvalue weighted by molar-refractivity contribution is 0.483. The molecule has 24 heavy (non-hydrogen) atoms. The van der Waals surface area contributed by atoms with Crippen LogP contribution in [0.15, 0.2) is 84.9 Å². The first-order chi connectivity index (χ1) is 11.8. The smallest absolute Gasteiger partial charge is 0.154 e. The summed E-state index contributed by atoms with van der Waals surface area (Å²) >= 11 is 6.39. The van der Waals surface area contributed by atoms with Gasteiger partial charge < -0.3 is 4.74 Å². The summed E-state index contributed by atoms with van der Waals surface area (Å²) in [7, 11) is 0. The molecule has 2 nitrogen and oxygen atoms in total. The Bertz CT molecular complexity index is 999. The Hall–Kier alpha value is -2.84. The number of hydrogen-bond acceptors (Lipinski definition) is 2. The highest BCUT2D eigenvalue weighted by Gasteiger charge is 2.14. The third kappa shape index (κ3) is 2.84. The highest BCUT2D eigenvalue weighted by molar-refractivity contribution is 6.33. The number of pyridine rings is 1. The van der Waals surface area contributed by atoms with Crippen LogP contribution in [-0.4, -0.2) is 4.98 Å². The summed E-state index contributed by atoms with van der Waals surface area (Å²) in [6.45, 7) is 0. The van der Waals surface area contributed by atoms with Gasteiger partial charge in [0.2, 0.25) is 0 Å². The molecule has 4 rings (SSSR count). The van der Waals surface area contributed by atoms with Crippen molar-refractivity contribution in [3.8, 4) is 22.8 Å². The van der Waals surface area contributed by atoms with Crippen LogP contribution in [0.5, 0.6) is 11.5 Å². The van der Waals surface area contributed by atoms with Crippen LogP contribution in [0.2, 0.25) is 5.02 Å². The van der Waals surface area contributed by atoms with Crippen LogP contribution in [0.3, 0.4) is 0 Å². The van der Waals surface area contributed by atoms with Gasteiger partial charge in [-0.3, -0.25) is 0 Å². The first kappa shape index (κ1) is 14.7. The number of rotatable bonds is 3. The van der Waals surface area contributed by atoms with E-state index in [-0.39, 0.29) is 0 Å². The Morgan fingerprint density at radius 3 is 2.29 bits per heavy atom. The predicted molar refractivity (Wildman–Crippen MR) is 98.7 cm³/mol. The number of ether oxygens (including phenoxy) is 1. The van der Waals surface area contributed by atoms with Gasteiger partial charge in [-0.2, -0.15) is 0 Å². The molecule has 4 aromatic rings. The maximum Gasteiger partial charge on any atom is 0.154 e. The van der Waals surface area contributed by atoms with Gasteiger partial charge in [0, 0.05) is 10.9 Å². The molecule has 0 atom stereocenters. The van der Waals surface area contributed by atoms with Gasteiger partial charge in [-0.1, -0.05) is 66.2 Å². The molecule has 0 amide bonds. The molecule has 0 spiro atoms. The van der Waals surface area contributed by atoms with Crippen LogP contribution < -0.4 is 4.74 Å². The molecule has 0 aliphatic carbocycles. The zero-order chi connectivity index (χ0) is 16.4. The third-order valence-corrected chi connectivity index (χ3v) is 4.12. The van der Waals surface area contributed by atoms with E-state index in [0.717, 1.165) is 27.9 Å². The molecule has 0 fully saturated rings. The number of benzene rings is 3. The SMILES string of the molecule is Clc1ccccc1-c1nc2ccccc2cc1Oc1ccccc1. The van der Waals surface area contributed by atoms with Crippen molar-refractivity contribution in [3.63, 3.8) is 0 Å². The second-order valence-electron chi connectivity index (χ2n) is 5.42. The minimum atomic E-state index is 0.651. The Balaban J connectivity index is 1.92. The van der Waals surface area contributed by atoms with Crippen LogP contribution in [-0.2, 0) is 0 Å². The molecule has 116 valence electrons. The van der Waals surface area contributed by atoms with Crippen LogP contribution in [0.25, 0.3) is 22.2 Å². The highest BCUT2D eigenvalue weighted by atomic mass is 35.5. The minimum absolute atomic E-state index is 0.651. The van der Waals surface area contributed by atoms with E-state index >= 15 is 0 Å². The Morgan fingerprint density at radius 2 is 1.46 bits per heavy atom. The van der Waals surface area contributed by atoms with E-state index in [1.165, 1.54) is 0 Å². The summed E-state index contributed by atoms with van der Waals surface area (Å²) in [5, 5.41) is 1.68. The monoisotopic (exact) mass is 331 g/mol. The van der Waals surface area contributed by atoms with Gasteiger partial charge in [-0.15, -0.1) is 0 Å². The van der Waals surface area contributed by atoms with E-state index in [1.54, 1.807) is 0 Å². The van der Waals surface area contributed by atoms with Gasteiger partial charge in [0.1, 0.15) is 11.4 Å². The molecular weight excluding hydrogens is 318 g/mol. The molecule has 0 radical (unpaired) electrons. The van der Waals surface area contributed by atoms with Crippen molar-refractivity contribution >= 4 is 22.5 Å². The molecular formula is C21H14ClNO. The van der Waals surface area contributed by atoms with Crippen molar-refractivity contribution < 1.29 is 4.74 Å². The van der Waals surface area contributed by atoms with Crippen molar-refractivity contribution in [2.24, 2.45) is 0 Å². The van der Waals surface area contributed by atoms with Gasteiger partial charge in [-0.25, -0.2) is 4.98 Å². The summed E-state index contributed by atoms with van der Waals surface area (Å²) in [6, 6.07) is 27.4. The fourth-order valence-electron chi connectivity index (χ4n) is 2.64. The zero-order valence-corrected chi connectivity index (χ0v) is 13.6. The number of para-hydroxylation sites is 2. The molecule has 0 bridgehead atoms. The number of halogens is 1. The van der Waals surface area contributed by atoms with E-state index in [1.807, 2.05) is 84.9 Å². The second kappa shape index (κ2) is 6.34. The summed E-state index contributed by atoms with van der Waals surface area (Å²) in [5.74, 6) is 1.45. The van der Waals surface area contributed by atoms with Crippen molar-refractivity contribution in [1.29, 1.82) is 0 Å². The number of hydrogen-bond donors (Lipinski definition) is 0. The molecule has 1 heterocycles. The first-order valence-corrected chi connectivity index (χ1v) is 8.07. The minimum Gasteiger partial charge on any atom is -0.455 e. The van der Waals surface area contributed by atoms with Crippen LogP contribution in [0.1, 0.15) is 0 Å². The Labute approximate surface area is 145 Å². The van der Waals surface area contributed by atoms with Crippen molar-refractivity contribution in [2.45, 2.75) is 0 Å². The zero-order valence-electron chi connectivity index (χ0n) is 12.8. The van der Waals surface area contributed by atoms with Gasteiger partial charge in [-0.05, 0) is 30.3 Å². The van der Waals surface area contributed by atoms with E-state index in [4.69, 9.17) is 21.3 Å². The maximum absolute atomic E-state index is 6.39. The molecule has 3 aromatic carbocycles. The summed E-state index contributed by atoms with van der Waals surface area (Å²) in [5.41, 5.74) is 2.51. The fourth-order valence-corrected chi connectivity index (χ4v) is 2.86. The van der Waals surface area contributed by atoms with Crippen LogP contribution in [0, 0.1) is 0 Å². The quantitative estimate of drug-likeness (QED) is 0.436. The average molecular weight is 332 g/mol. The molecule has 3 heteroatoms. The largest absolute Gasteiger partial charge is 0.455 e. The first-order valence-electron chi connectivity index (χ1n) is 7.69. The van der Waals surface area contributed by atoms with E-state index in [2.05, 4.69) is 0 Å². The maximum atomic E-state index is 6.39. The molecule has 0 saturated heterocycles. The molecule has 0 aliphatic rings. The van der Waals surface area contributed by atoms with Crippen LogP contribution in [0.4, 0.5) is 0 Å². The molecule has 0 N–H and O–H groups in total. The predicted octanol–water partition coefficient (Wildman–Crippen LogP) is 6.35. The average Bonchev–Trinajstić information content (AvgIpc) is 2.63. The fraction of sp³-hybridized carbons (Fsp3) is 0. The number of nitrogens with zero attached hydrogens (tertiary/aromatic N) is 1. The normalized spacial score (nSPS) is 10.7. The second-order valence-corrected chi connectivity index (χ2v) is 5.83. The van der Waals surface area contributed by atoms with Gasteiger partial charge in [0.25, 0.3) is 0 Å². The lowest BCUT2D eigenvalue weighted by atomic mass is 10.1. The Morgan fingerprint density at radius 1 is 0.750 bits per heavy atom.